The summed E-state index contributed by atoms with van der Waals surface area (Å²) < 4.78 is 31.7. The van der Waals surface area contributed by atoms with Gasteiger partial charge in [-0.3, -0.25) is 4.79 Å². The van der Waals surface area contributed by atoms with E-state index in [0.29, 0.717) is 31.7 Å². The molecule has 0 aliphatic carbocycles. The molecule has 0 aromatic heterocycles. The van der Waals surface area contributed by atoms with Crippen LogP contribution in [0.15, 0.2) is 71.6 Å². The molecule has 0 radical (unpaired) electrons. The van der Waals surface area contributed by atoms with Gasteiger partial charge in [-0.25, -0.2) is 8.42 Å². The predicted molar refractivity (Wildman–Crippen MR) is 139 cm³/mol. The smallest absolute Gasteiger partial charge is 0.254 e. The quantitative estimate of drug-likeness (QED) is 0.486. The van der Waals surface area contributed by atoms with Crippen LogP contribution in [0.2, 0.25) is 0 Å². The number of aryl methyl sites for hydroxylation is 2. The zero-order valence-electron chi connectivity index (χ0n) is 20.5. The number of benzene rings is 3. The Kier molecular flexibility index (Phi) is 7.45. The minimum Gasteiger partial charge on any atom is -0.495 e. The fraction of sp³-hybridized carbons (Fsp3) is 0.321. The van der Waals surface area contributed by atoms with E-state index in [9.17, 15) is 13.2 Å². The van der Waals surface area contributed by atoms with Crippen molar-refractivity contribution in [3.63, 3.8) is 0 Å². The van der Waals surface area contributed by atoms with Gasteiger partial charge < -0.3 is 14.5 Å². The molecule has 3 aromatic rings. The van der Waals surface area contributed by atoms with Gasteiger partial charge >= 0.3 is 0 Å². The molecule has 0 unspecified atom stereocenters. The highest BCUT2D eigenvalue weighted by molar-refractivity contribution is 7.90. The van der Waals surface area contributed by atoms with Gasteiger partial charge in [0.15, 0.2) is 9.84 Å². The Bertz CT molecular complexity index is 1290. The van der Waals surface area contributed by atoms with Crippen LogP contribution >= 0.6 is 0 Å². The van der Waals surface area contributed by atoms with E-state index >= 15 is 0 Å². The van der Waals surface area contributed by atoms with Crippen molar-refractivity contribution in [3.05, 3.63) is 89.0 Å². The van der Waals surface area contributed by atoms with E-state index in [1.807, 2.05) is 55.5 Å². The molecule has 1 heterocycles. The van der Waals surface area contributed by atoms with Crippen LogP contribution in [-0.2, 0) is 22.0 Å². The van der Waals surface area contributed by atoms with Crippen molar-refractivity contribution in [1.82, 2.24) is 4.90 Å². The normalized spacial score (nSPS) is 14.1. The minimum absolute atomic E-state index is 0.0920. The van der Waals surface area contributed by atoms with Crippen LogP contribution < -0.4 is 9.64 Å². The van der Waals surface area contributed by atoms with E-state index in [0.717, 1.165) is 29.0 Å². The number of rotatable bonds is 7. The minimum atomic E-state index is -3.58. The van der Waals surface area contributed by atoms with Crippen LogP contribution in [0.4, 0.5) is 5.69 Å². The summed E-state index contributed by atoms with van der Waals surface area (Å²) in [6, 6.07) is 20.4. The summed E-state index contributed by atoms with van der Waals surface area (Å²) in [5.74, 6) is 0.586. The second kappa shape index (κ2) is 10.5. The number of nitrogens with zero attached hydrogens (tertiary/aromatic N) is 2. The van der Waals surface area contributed by atoms with Crippen molar-refractivity contribution < 1.29 is 17.9 Å². The molecule has 1 aliphatic rings. The number of carbonyl (C=O) groups excluding carboxylic acids is 1. The summed E-state index contributed by atoms with van der Waals surface area (Å²) in [6.45, 7) is 6.37. The average molecular weight is 493 g/mol. The number of amides is 1. The molecule has 1 fully saturated rings. The molecular weight excluding hydrogens is 460 g/mol. The van der Waals surface area contributed by atoms with Gasteiger partial charge in [-0.1, -0.05) is 49.4 Å². The van der Waals surface area contributed by atoms with Crippen molar-refractivity contribution in [2.45, 2.75) is 30.9 Å². The molecule has 0 bridgehead atoms. The fourth-order valence-electron chi connectivity index (χ4n) is 4.41. The SMILES string of the molecule is CCc1ccc(CS(=O)(=O)c2ccc(C)c(C(=O)N3CCN(c4ccccc4OC)CC3)c2)cc1. The third kappa shape index (κ3) is 5.51. The summed E-state index contributed by atoms with van der Waals surface area (Å²) in [6.07, 6.45) is 0.906. The molecule has 4 rings (SSSR count). The Morgan fingerprint density at radius 2 is 1.57 bits per heavy atom. The molecule has 0 N–H and O–H groups in total. The van der Waals surface area contributed by atoms with E-state index < -0.39 is 9.84 Å². The molecule has 1 aliphatic heterocycles. The molecule has 0 spiro atoms. The monoisotopic (exact) mass is 492 g/mol. The van der Waals surface area contributed by atoms with E-state index in [-0.39, 0.29) is 16.6 Å². The van der Waals surface area contributed by atoms with Gasteiger partial charge in [-0.2, -0.15) is 0 Å². The standard InChI is InChI=1S/C28H32N2O4S/c1-4-22-10-12-23(13-11-22)20-35(32,33)24-14-9-21(2)25(19-24)28(31)30-17-15-29(16-18-30)26-7-5-6-8-27(26)34-3/h5-14,19H,4,15-18,20H2,1-3H3. The van der Waals surface area contributed by atoms with E-state index in [4.69, 9.17) is 4.74 Å². The number of sulfone groups is 1. The molecule has 3 aromatic carbocycles. The highest BCUT2D eigenvalue weighted by atomic mass is 32.2. The first-order valence-electron chi connectivity index (χ1n) is 11.9. The van der Waals surface area contributed by atoms with Gasteiger partial charge in [0.25, 0.3) is 5.91 Å². The maximum Gasteiger partial charge on any atom is 0.254 e. The van der Waals surface area contributed by atoms with Crippen LogP contribution in [-0.4, -0.2) is 52.5 Å². The van der Waals surface area contributed by atoms with Crippen molar-refractivity contribution in [3.8, 4) is 5.75 Å². The largest absolute Gasteiger partial charge is 0.495 e. The molecular formula is C28H32N2O4S. The first-order chi connectivity index (χ1) is 16.8. The zero-order valence-corrected chi connectivity index (χ0v) is 21.3. The molecule has 0 saturated carbocycles. The molecule has 0 atom stereocenters. The summed E-state index contributed by atoms with van der Waals surface area (Å²) in [7, 11) is -1.93. The number of hydrogen-bond donors (Lipinski definition) is 0. The third-order valence-electron chi connectivity index (χ3n) is 6.58. The topological polar surface area (TPSA) is 66.9 Å². The number of methoxy groups -OCH3 is 1. The van der Waals surface area contributed by atoms with Crippen molar-refractivity contribution in [2.75, 3.05) is 38.2 Å². The van der Waals surface area contributed by atoms with Gasteiger partial charge in [-0.05, 0) is 54.3 Å². The Hall–Kier alpha value is -3.32. The molecule has 1 amide bonds. The Balaban J connectivity index is 1.49. The third-order valence-corrected chi connectivity index (χ3v) is 8.26. The second-order valence-corrected chi connectivity index (χ2v) is 10.8. The molecule has 184 valence electrons. The lowest BCUT2D eigenvalue weighted by Gasteiger charge is -2.36. The summed E-state index contributed by atoms with van der Waals surface area (Å²) in [5, 5.41) is 0. The van der Waals surface area contributed by atoms with Crippen LogP contribution in [0.5, 0.6) is 5.75 Å². The molecule has 1 saturated heterocycles. The van der Waals surface area contributed by atoms with Gasteiger partial charge in [0.05, 0.1) is 23.4 Å². The predicted octanol–water partition coefficient (Wildman–Crippen LogP) is 4.50. The number of ether oxygens (including phenoxy) is 1. The Morgan fingerprint density at radius 3 is 2.23 bits per heavy atom. The highest BCUT2D eigenvalue weighted by Gasteiger charge is 2.26. The lowest BCUT2D eigenvalue weighted by Crippen LogP contribution is -2.49. The van der Waals surface area contributed by atoms with Crippen LogP contribution in [0.1, 0.15) is 34.0 Å². The lowest BCUT2D eigenvalue weighted by atomic mass is 10.1. The maximum atomic E-state index is 13.4. The second-order valence-electron chi connectivity index (χ2n) is 8.86. The summed E-state index contributed by atoms with van der Waals surface area (Å²) in [4.78, 5) is 17.6. The van der Waals surface area contributed by atoms with Gasteiger partial charge in [0, 0.05) is 31.7 Å². The number of para-hydroxylation sites is 2. The van der Waals surface area contributed by atoms with Crippen LogP contribution in [0, 0.1) is 6.92 Å². The van der Waals surface area contributed by atoms with E-state index in [1.165, 1.54) is 5.56 Å². The van der Waals surface area contributed by atoms with Crippen molar-refractivity contribution >= 4 is 21.4 Å². The maximum absolute atomic E-state index is 13.4. The summed E-state index contributed by atoms with van der Waals surface area (Å²) in [5.41, 5.74) is 4.13. The highest BCUT2D eigenvalue weighted by Crippen LogP contribution is 2.29. The van der Waals surface area contributed by atoms with E-state index in [2.05, 4.69) is 11.8 Å². The van der Waals surface area contributed by atoms with Crippen molar-refractivity contribution in [1.29, 1.82) is 0 Å². The van der Waals surface area contributed by atoms with E-state index in [1.54, 1.807) is 30.2 Å². The van der Waals surface area contributed by atoms with Gasteiger partial charge in [0.2, 0.25) is 0 Å². The molecule has 35 heavy (non-hydrogen) atoms. The van der Waals surface area contributed by atoms with Gasteiger partial charge in [-0.15, -0.1) is 0 Å². The average Bonchev–Trinajstić information content (AvgIpc) is 2.88. The number of anilines is 1. The first-order valence-corrected chi connectivity index (χ1v) is 13.6. The Labute approximate surface area is 208 Å². The van der Waals surface area contributed by atoms with Crippen LogP contribution in [0.3, 0.4) is 0 Å². The Morgan fingerprint density at radius 1 is 0.914 bits per heavy atom. The summed E-state index contributed by atoms with van der Waals surface area (Å²) >= 11 is 0. The van der Waals surface area contributed by atoms with Gasteiger partial charge in [0.1, 0.15) is 5.75 Å². The zero-order chi connectivity index (χ0) is 25.0. The number of piperazine rings is 1. The lowest BCUT2D eigenvalue weighted by molar-refractivity contribution is 0.0745. The fourth-order valence-corrected chi connectivity index (χ4v) is 5.78. The van der Waals surface area contributed by atoms with Crippen LogP contribution in [0.25, 0.3) is 0 Å². The van der Waals surface area contributed by atoms with Crippen molar-refractivity contribution in [2.24, 2.45) is 0 Å². The molecule has 6 nitrogen and oxygen atoms in total. The number of carbonyl (C=O) groups is 1. The number of hydrogen-bond acceptors (Lipinski definition) is 5. The molecule has 7 heteroatoms. The first kappa shape index (κ1) is 24.8.